The summed E-state index contributed by atoms with van der Waals surface area (Å²) in [4.78, 5) is 23.9. The lowest BCUT2D eigenvalue weighted by Crippen LogP contribution is -2.25. The van der Waals surface area contributed by atoms with Gasteiger partial charge in [0.25, 0.3) is 0 Å². The van der Waals surface area contributed by atoms with E-state index >= 15 is 0 Å². The number of halogens is 3. The summed E-state index contributed by atoms with van der Waals surface area (Å²) in [5.41, 5.74) is -2.14. The summed E-state index contributed by atoms with van der Waals surface area (Å²) < 4.78 is 45.0. The summed E-state index contributed by atoms with van der Waals surface area (Å²) in [7, 11) is 2.89. The Morgan fingerprint density at radius 2 is 1.88 bits per heavy atom. The van der Waals surface area contributed by atoms with Crippen molar-refractivity contribution in [3.8, 4) is 11.7 Å². The van der Waals surface area contributed by atoms with Crippen molar-refractivity contribution in [3.05, 3.63) is 46.5 Å². The molecule has 0 unspecified atom stereocenters. The van der Waals surface area contributed by atoms with Gasteiger partial charge in [0.05, 0.1) is 12.5 Å². The first kappa shape index (κ1) is 16.7. The minimum atomic E-state index is -4.65. The second-order valence-electron chi connectivity index (χ2n) is 4.93. The van der Waals surface area contributed by atoms with Crippen molar-refractivity contribution in [1.29, 1.82) is 0 Å². The maximum absolute atomic E-state index is 13.0. The average molecular weight is 351 g/mol. The fourth-order valence-electron chi connectivity index (χ4n) is 2.30. The fourth-order valence-corrected chi connectivity index (χ4v) is 2.30. The quantitative estimate of drug-likeness (QED) is 0.779. The van der Waals surface area contributed by atoms with Crippen LogP contribution in [0.4, 0.5) is 19.0 Å². The lowest BCUT2D eigenvalue weighted by Gasteiger charge is -2.13. The smallest absolute Gasteiger partial charge is 0.433 e. The summed E-state index contributed by atoms with van der Waals surface area (Å²) in [6.45, 7) is 0. The summed E-state index contributed by atoms with van der Waals surface area (Å²) in [6, 6.07) is 6.59. The Kier molecular flexibility index (Phi) is 4.03. The largest absolute Gasteiger partial charge is 0.481 e. The molecule has 10 heteroatoms. The van der Waals surface area contributed by atoms with E-state index in [0.29, 0.717) is 0 Å². The first-order valence-electron chi connectivity index (χ1n) is 7.05. The number of nitrogens with zero attached hydrogens (tertiary/aromatic N) is 4. The SMILES string of the molecule is CNc1nc(=O)n(-c2cccc(OC)n2)c2nc(C(F)(F)F)ccc12. The Balaban J connectivity index is 2.40. The van der Waals surface area contributed by atoms with E-state index < -0.39 is 17.6 Å². The number of fused-ring (bicyclic) bond motifs is 1. The Morgan fingerprint density at radius 1 is 1.12 bits per heavy atom. The third-order valence-corrected chi connectivity index (χ3v) is 3.42. The predicted molar refractivity (Wildman–Crippen MR) is 84.0 cm³/mol. The van der Waals surface area contributed by atoms with Crippen molar-refractivity contribution in [3.63, 3.8) is 0 Å². The molecule has 3 heterocycles. The highest BCUT2D eigenvalue weighted by Gasteiger charge is 2.33. The predicted octanol–water partition coefficient (Wildman–Crippen LogP) is 2.24. The van der Waals surface area contributed by atoms with Crippen molar-refractivity contribution < 1.29 is 17.9 Å². The van der Waals surface area contributed by atoms with Gasteiger partial charge in [-0.1, -0.05) is 6.07 Å². The first-order valence-corrected chi connectivity index (χ1v) is 7.05. The topological polar surface area (TPSA) is 81.9 Å². The standard InChI is InChI=1S/C15H12F3N5O2/c1-19-12-8-6-7-9(15(16,17)18)20-13(8)23(14(24)22-12)10-4-3-5-11(21-10)25-2/h3-7H,1-2H3,(H,19,22,24). The van der Waals surface area contributed by atoms with Gasteiger partial charge in [0.2, 0.25) is 5.88 Å². The van der Waals surface area contributed by atoms with Crippen LogP contribution in [0.1, 0.15) is 5.69 Å². The molecule has 1 N–H and O–H groups in total. The number of ether oxygens (including phenoxy) is 1. The highest BCUT2D eigenvalue weighted by Crippen LogP contribution is 2.30. The van der Waals surface area contributed by atoms with Crippen LogP contribution in [0.3, 0.4) is 0 Å². The second-order valence-corrected chi connectivity index (χ2v) is 4.93. The van der Waals surface area contributed by atoms with E-state index in [0.717, 1.165) is 10.6 Å². The van der Waals surface area contributed by atoms with Crippen LogP contribution in [0.25, 0.3) is 16.9 Å². The normalized spacial score (nSPS) is 11.6. The van der Waals surface area contributed by atoms with Crippen LogP contribution in [0.5, 0.6) is 5.88 Å². The molecule has 7 nitrogen and oxygen atoms in total. The van der Waals surface area contributed by atoms with Crippen LogP contribution in [-0.2, 0) is 6.18 Å². The van der Waals surface area contributed by atoms with Crippen LogP contribution < -0.4 is 15.7 Å². The molecule has 3 aromatic rings. The van der Waals surface area contributed by atoms with E-state index in [2.05, 4.69) is 20.3 Å². The van der Waals surface area contributed by atoms with E-state index in [1.54, 1.807) is 12.1 Å². The minimum absolute atomic E-state index is 0.0522. The van der Waals surface area contributed by atoms with Gasteiger partial charge in [-0.3, -0.25) is 0 Å². The number of alkyl halides is 3. The number of anilines is 1. The lowest BCUT2D eigenvalue weighted by atomic mass is 10.2. The Bertz CT molecular complexity index is 1000. The van der Waals surface area contributed by atoms with E-state index in [-0.39, 0.29) is 28.5 Å². The zero-order chi connectivity index (χ0) is 18.2. The third kappa shape index (κ3) is 2.97. The van der Waals surface area contributed by atoms with Crippen molar-refractivity contribution in [1.82, 2.24) is 19.5 Å². The maximum Gasteiger partial charge on any atom is 0.433 e. The summed E-state index contributed by atoms with van der Waals surface area (Å²) in [5.74, 6) is 0.374. The molecule has 0 spiro atoms. The van der Waals surface area contributed by atoms with Crippen LogP contribution >= 0.6 is 0 Å². The lowest BCUT2D eigenvalue weighted by molar-refractivity contribution is -0.141. The van der Waals surface area contributed by atoms with Crippen LogP contribution in [0.2, 0.25) is 0 Å². The number of pyridine rings is 2. The van der Waals surface area contributed by atoms with Crippen LogP contribution in [0.15, 0.2) is 35.1 Å². The maximum atomic E-state index is 13.0. The summed E-state index contributed by atoms with van der Waals surface area (Å²) in [5, 5.41) is 2.93. The van der Waals surface area contributed by atoms with Gasteiger partial charge in [0.15, 0.2) is 5.65 Å². The number of rotatable bonds is 3. The van der Waals surface area contributed by atoms with Crippen LogP contribution in [-0.4, -0.2) is 33.7 Å². The number of hydrogen-bond acceptors (Lipinski definition) is 6. The molecule has 25 heavy (non-hydrogen) atoms. The van der Waals surface area contributed by atoms with Gasteiger partial charge >= 0.3 is 11.9 Å². The number of hydrogen-bond donors (Lipinski definition) is 1. The van der Waals surface area contributed by atoms with Crippen molar-refractivity contribution in [2.75, 3.05) is 19.5 Å². The van der Waals surface area contributed by atoms with E-state index in [1.165, 1.54) is 26.3 Å². The average Bonchev–Trinajstić information content (AvgIpc) is 2.59. The molecule has 0 atom stereocenters. The number of aromatic nitrogens is 4. The van der Waals surface area contributed by atoms with Gasteiger partial charge in [-0.05, 0) is 18.2 Å². The monoisotopic (exact) mass is 351 g/mol. The minimum Gasteiger partial charge on any atom is -0.481 e. The Hall–Kier alpha value is -3.17. The molecule has 3 aromatic heterocycles. The van der Waals surface area contributed by atoms with Crippen molar-refractivity contribution in [2.45, 2.75) is 6.18 Å². The van der Waals surface area contributed by atoms with E-state index in [4.69, 9.17) is 4.74 Å². The molecule has 0 saturated carbocycles. The van der Waals surface area contributed by atoms with Gasteiger partial charge in [-0.15, -0.1) is 0 Å². The molecule has 0 bridgehead atoms. The molecular formula is C15H12F3N5O2. The molecule has 3 rings (SSSR count). The summed E-state index contributed by atoms with van der Waals surface area (Å²) >= 11 is 0. The molecule has 0 fully saturated rings. The molecular weight excluding hydrogens is 339 g/mol. The van der Waals surface area contributed by atoms with Gasteiger partial charge in [0, 0.05) is 13.1 Å². The Morgan fingerprint density at radius 3 is 2.52 bits per heavy atom. The number of nitrogens with one attached hydrogen (secondary N) is 1. The molecule has 130 valence electrons. The van der Waals surface area contributed by atoms with E-state index in [9.17, 15) is 18.0 Å². The van der Waals surface area contributed by atoms with Gasteiger partial charge < -0.3 is 10.1 Å². The zero-order valence-corrected chi connectivity index (χ0v) is 13.1. The zero-order valence-electron chi connectivity index (χ0n) is 13.1. The second kappa shape index (κ2) is 6.04. The third-order valence-electron chi connectivity index (χ3n) is 3.42. The molecule has 0 saturated heterocycles. The molecule has 0 amide bonds. The molecule has 0 aromatic carbocycles. The number of methoxy groups -OCH3 is 1. The van der Waals surface area contributed by atoms with Gasteiger partial charge in [-0.2, -0.15) is 23.1 Å². The molecule has 0 aliphatic carbocycles. The van der Waals surface area contributed by atoms with Gasteiger partial charge in [0.1, 0.15) is 17.3 Å². The fraction of sp³-hybridized carbons (Fsp3) is 0.200. The van der Waals surface area contributed by atoms with E-state index in [1.807, 2.05) is 0 Å². The molecule has 0 radical (unpaired) electrons. The Labute approximate surface area is 139 Å². The van der Waals surface area contributed by atoms with Crippen molar-refractivity contribution in [2.24, 2.45) is 0 Å². The molecule has 0 aliphatic rings. The van der Waals surface area contributed by atoms with Crippen LogP contribution in [0, 0.1) is 0 Å². The van der Waals surface area contributed by atoms with Crippen molar-refractivity contribution >= 4 is 16.9 Å². The highest BCUT2D eigenvalue weighted by atomic mass is 19.4. The first-order chi connectivity index (χ1) is 11.8. The van der Waals surface area contributed by atoms with Gasteiger partial charge in [-0.25, -0.2) is 14.3 Å². The molecule has 0 aliphatic heterocycles. The summed E-state index contributed by atoms with van der Waals surface area (Å²) in [6.07, 6.45) is -4.65. The highest BCUT2D eigenvalue weighted by molar-refractivity contribution is 5.87.